The van der Waals surface area contributed by atoms with Gasteiger partial charge in [-0.15, -0.1) is 0 Å². The van der Waals surface area contributed by atoms with Crippen molar-refractivity contribution in [3.05, 3.63) is 97.0 Å². The van der Waals surface area contributed by atoms with Gasteiger partial charge in [-0.2, -0.15) is 0 Å². The lowest BCUT2D eigenvalue weighted by molar-refractivity contribution is -0.117. The van der Waals surface area contributed by atoms with Gasteiger partial charge >= 0.3 is 0 Å². The van der Waals surface area contributed by atoms with Crippen LogP contribution in [-0.2, 0) is 16.2 Å². The van der Waals surface area contributed by atoms with Crippen LogP contribution in [0.2, 0.25) is 10.0 Å². The summed E-state index contributed by atoms with van der Waals surface area (Å²) in [6.07, 6.45) is 1.57. The standard InChI is InChI=1S/C23H15Cl2IN2O3/c24-16-8-7-15(19(25)12-16)13-31-21-9-6-14(11-20(21)26)10-18-22(29)27-28(23(18)30)17-4-2-1-3-5-17/h1-12H,13H2,(H,27,29)/b18-10-. The Morgan fingerprint density at radius 3 is 2.48 bits per heavy atom. The third kappa shape index (κ3) is 4.87. The fraction of sp³-hybridized carbons (Fsp3) is 0.0435. The summed E-state index contributed by atoms with van der Waals surface area (Å²) in [5, 5.41) is 2.35. The van der Waals surface area contributed by atoms with Crippen LogP contribution < -0.4 is 15.2 Å². The van der Waals surface area contributed by atoms with Crippen molar-refractivity contribution in [1.29, 1.82) is 0 Å². The summed E-state index contributed by atoms with van der Waals surface area (Å²) in [6.45, 7) is 0.291. The number of halogens is 3. The Morgan fingerprint density at radius 2 is 1.77 bits per heavy atom. The second kappa shape index (κ2) is 9.30. The molecule has 1 aliphatic heterocycles. The molecule has 4 rings (SSSR count). The van der Waals surface area contributed by atoms with Gasteiger partial charge in [0, 0.05) is 15.6 Å². The van der Waals surface area contributed by atoms with E-state index in [1.165, 1.54) is 5.01 Å². The summed E-state index contributed by atoms with van der Waals surface area (Å²) in [5.41, 5.74) is 4.80. The molecular weight excluding hydrogens is 550 g/mol. The second-order valence-electron chi connectivity index (χ2n) is 6.69. The van der Waals surface area contributed by atoms with Crippen LogP contribution in [-0.4, -0.2) is 11.8 Å². The normalized spacial score (nSPS) is 14.8. The maximum atomic E-state index is 12.7. The van der Waals surface area contributed by atoms with E-state index in [0.29, 0.717) is 28.1 Å². The fourth-order valence-electron chi connectivity index (χ4n) is 3.00. The molecule has 8 heteroatoms. The van der Waals surface area contributed by atoms with E-state index in [2.05, 4.69) is 28.0 Å². The van der Waals surface area contributed by atoms with E-state index in [4.69, 9.17) is 27.9 Å². The molecule has 1 heterocycles. The quantitative estimate of drug-likeness (QED) is 0.248. The molecule has 3 aromatic rings. The van der Waals surface area contributed by atoms with Crippen molar-refractivity contribution < 1.29 is 14.3 Å². The fourth-order valence-corrected chi connectivity index (χ4v) is 4.16. The van der Waals surface area contributed by atoms with Crippen LogP contribution in [0, 0.1) is 3.57 Å². The molecule has 0 spiro atoms. The number of para-hydroxylation sites is 1. The first-order valence-electron chi connectivity index (χ1n) is 9.21. The van der Waals surface area contributed by atoms with E-state index < -0.39 is 11.8 Å². The minimum absolute atomic E-state index is 0.0706. The van der Waals surface area contributed by atoms with Gasteiger partial charge in [0.1, 0.15) is 17.9 Å². The number of hydrogen-bond acceptors (Lipinski definition) is 3. The number of ether oxygens (including phenoxy) is 1. The zero-order valence-electron chi connectivity index (χ0n) is 15.9. The minimum Gasteiger partial charge on any atom is -0.488 e. The topological polar surface area (TPSA) is 58.6 Å². The van der Waals surface area contributed by atoms with Crippen molar-refractivity contribution in [2.75, 3.05) is 5.01 Å². The monoisotopic (exact) mass is 564 g/mol. The maximum absolute atomic E-state index is 12.7. The molecule has 31 heavy (non-hydrogen) atoms. The lowest BCUT2D eigenvalue weighted by Gasteiger charge is -2.13. The molecule has 0 atom stereocenters. The molecule has 1 fully saturated rings. The number of carbonyl (C=O) groups is 2. The first-order valence-corrected chi connectivity index (χ1v) is 11.0. The zero-order chi connectivity index (χ0) is 22.0. The number of nitrogens with zero attached hydrogens (tertiary/aromatic N) is 1. The van der Waals surface area contributed by atoms with Crippen LogP contribution in [0.5, 0.6) is 5.75 Å². The smallest absolute Gasteiger partial charge is 0.282 e. The van der Waals surface area contributed by atoms with Crippen molar-refractivity contribution in [2.24, 2.45) is 0 Å². The van der Waals surface area contributed by atoms with E-state index in [-0.39, 0.29) is 5.57 Å². The molecule has 5 nitrogen and oxygen atoms in total. The predicted molar refractivity (Wildman–Crippen MR) is 130 cm³/mol. The van der Waals surface area contributed by atoms with E-state index >= 15 is 0 Å². The van der Waals surface area contributed by atoms with Gasteiger partial charge in [0.2, 0.25) is 0 Å². The highest BCUT2D eigenvalue weighted by Gasteiger charge is 2.34. The predicted octanol–water partition coefficient (Wildman–Crippen LogP) is 5.64. The number of benzene rings is 3. The number of carbonyl (C=O) groups excluding carboxylic acids is 2. The number of nitrogens with one attached hydrogen (secondary N) is 1. The zero-order valence-corrected chi connectivity index (χ0v) is 19.6. The molecule has 1 N–H and O–H groups in total. The number of anilines is 1. The Balaban J connectivity index is 1.50. The van der Waals surface area contributed by atoms with E-state index in [1.54, 1.807) is 54.6 Å². The molecule has 3 aromatic carbocycles. The molecule has 156 valence electrons. The van der Waals surface area contributed by atoms with E-state index in [1.807, 2.05) is 18.2 Å². The van der Waals surface area contributed by atoms with Crippen LogP contribution in [0.25, 0.3) is 6.08 Å². The Morgan fingerprint density at radius 1 is 1.00 bits per heavy atom. The van der Waals surface area contributed by atoms with E-state index in [9.17, 15) is 9.59 Å². The van der Waals surface area contributed by atoms with Crippen molar-refractivity contribution in [2.45, 2.75) is 6.61 Å². The van der Waals surface area contributed by atoms with Crippen molar-refractivity contribution >= 4 is 69.4 Å². The largest absolute Gasteiger partial charge is 0.488 e. The van der Waals surface area contributed by atoms with Crippen LogP contribution >= 0.6 is 45.8 Å². The SMILES string of the molecule is O=C1NN(c2ccccc2)C(=O)/C1=C\c1ccc(OCc2ccc(Cl)cc2Cl)c(I)c1. The molecular formula is C23H15Cl2IN2O3. The Bertz CT molecular complexity index is 1200. The molecule has 0 aromatic heterocycles. The average Bonchev–Trinajstić information content (AvgIpc) is 3.03. The highest BCUT2D eigenvalue weighted by Crippen LogP contribution is 2.28. The molecule has 1 saturated heterocycles. The number of hydrogen-bond donors (Lipinski definition) is 1. The summed E-state index contributed by atoms with van der Waals surface area (Å²) < 4.78 is 6.71. The third-order valence-electron chi connectivity index (χ3n) is 4.57. The van der Waals surface area contributed by atoms with Crippen LogP contribution in [0.4, 0.5) is 5.69 Å². The Hall–Kier alpha value is -2.55. The molecule has 0 saturated carbocycles. The highest BCUT2D eigenvalue weighted by molar-refractivity contribution is 14.1. The minimum atomic E-state index is -0.443. The first-order chi connectivity index (χ1) is 14.9. The average molecular weight is 565 g/mol. The second-order valence-corrected chi connectivity index (χ2v) is 8.70. The lowest BCUT2D eigenvalue weighted by Crippen LogP contribution is -2.35. The molecule has 0 aliphatic carbocycles. The van der Waals surface area contributed by atoms with Gasteiger partial charge in [-0.05, 0) is 70.6 Å². The van der Waals surface area contributed by atoms with Crippen molar-refractivity contribution in [3.8, 4) is 5.75 Å². The third-order valence-corrected chi connectivity index (χ3v) is 6.00. The van der Waals surface area contributed by atoms with Crippen LogP contribution in [0.3, 0.4) is 0 Å². The summed E-state index contributed by atoms with van der Waals surface area (Å²) in [7, 11) is 0. The highest BCUT2D eigenvalue weighted by atomic mass is 127. The van der Waals surface area contributed by atoms with Gasteiger partial charge in [0.15, 0.2) is 0 Å². The van der Waals surface area contributed by atoms with Gasteiger partial charge in [-0.25, -0.2) is 5.01 Å². The van der Waals surface area contributed by atoms with Gasteiger partial charge in [-0.3, -0.25) is 15.0 Å². The molecule has 0 unspecified atom stereocenters. The number of amides is 2. The van der Waals surface area contributed by atoms with Crippen LogP contribution in [0.1, 0.15) is 11.1 Å². The van der Waals surface area contributed by atoms with Gasteiger partial charge in [0.25, 0.3) is 11.8 Å². The summed E-state index contributed by atoms with van der Waals surface area (Å²) >= 11 is 14.3. The van der Waals surface area contributed by atoms with Gasteiger partial charge < -0.3 is 4.74 Å². The number of hydrazine groups is 1. The molecule has 0 bridgehead atoms. The van der Waals surface area contributed by atoms with Gasteiger partial charge in [-0.1, -0.05) is 53.5 Å². The summed E-state index contributed by atoms with van der Waals surface area (Å²) in [4.78, 5) is 25.1. The van der Waals surface area contributed by atoms with Crippen molar-refractivity contribution in [3.63, 3.8) is 0 Å². The first kappa shape index (κ1) is 21.7. The summed E-state index contributed by atoms with van der Waals surface area (Å²) in [6, 6.07) is 19.6. The Labute approximate surface area is 202 Å². The van der Waals surface area contributed by atoms with E-state index in [0.717, 1.165) is 14.7 Å². The lowest BCUT2D eigenvalue weighted by atomic mass is 10.1. The van der Waals surface area contributed by atoms with Crippen molar-refractivity contribution in [1.82, 2.24) is 5.43 Å². The number of rotatable bonds is 5. The maximum Gasteiger partial charge on any atom is 0.282 e. The molecule has 0 radical (unpaired) electrons. The summed E-state index contributed by atoms with van der Waals surface area (Å²) in [5.74, 6) is -0.174. The molecule has 1 aliphatic rings. The molecule has 2 amide bonds. The van der Waals surface area contributed by atoms with Gasteiger partial charge in [0.05, 0.1) is 9.26 Å². The van der Waals surface area contributed by atoms with Crippen LogP contribution in [0.15, 0.2) is 72.3 Å². The Kier molecular flexibility index (Phi) is 6.50.